The Balaban J connectivity index is 2.40. The number of nitriles is 1. The third-order valence-electron chi connectivity index (χ3n) is 4.19. The van der Waals surface area contributed by atoms with Gasteiger partial charge < -0.3 is 0 Å². The lowest BCUT2D eigenvalue weighted by molar-refractivity contribution is 0.348. The fraction of sp³-hybridized carbons (Fsp3) is 0.562. The summed E-state index contributed by atoms with van der Waals surface area (Å²) in [5.74, 6) is 0.626. The lowest BCUT2D eigenvalue weighted by Gasteiger charge is -2.35. The summed E-state index contributed by atoms with van der Waals surface area (Å²) >= 11 is 0. The maximum Gasteiger partial charge on any atom is 0.0827 e. The Labute approximate surface area is 104 Å². The molecule has 0 spiro atoms. The zero-order valence-electron chi connectivity index (χ0n) is 10.9. The fourth-order valence-corrected chi connectivity index (χ4v) is 3.03. The molecule has 1 aliphatic carbocycles. The summed E-state index contributed by atoms with van der Waals surface area (Å²) in [6, 6.07) is 11.2. The summed E-state index contributed by atoms with van der Waals surface area (Å²) < 4.78 is 0. The first kappa shape index (κ1) is 12.2. The van der Waals surface area contributed by atoms with Crippen LogP contribution in [0.5, 0.6) is 0 Å². The average Bonchev–Trinajstić information content (AvgIpc) is 2.39. The molecule has 1 aliphatic rings. The molecule has 1 aromatic carbocycles. The first-order chi connectivity index (χ1) is 8.22. The van der Waals surface area contributed by atoms with Crippen LogP contribution >= 0.6 is 0 Å². The van der Waals surface area contributed by atoms with Crippen LogP contribution in [0.15, 0.2) is 24.3 Å². The second-order valence-corrected chi connectivity index (χ2v) is 5.42. The SMILES string of the molecule is CCC(C)CC1(C#N)CCCc2ccccc21. The highest BCUT2D eigenvalue weighted by atomic mass is 14.4. The van der Waals surface area contributed by atoms with Crippen LogP contribution in [-0.2, 0) is 11.8 Å². The van der Waals surface area contributed by atoms with Gasteiger partial charge in [0.2, 0.25) is 0 Å². The largest absolute Gasteiger partial charge is 0.197 e. The van der Waals surface area contributed by atoms with E-state index < -0.39 is 0 Å². The molecule has 0 amide bonds. The predicted octanol–water partition coefficient (Wildman–Crippen LogP) is 4.22. The predicted molar refractivity (Wildman–Crippen MR) is 70.7 cm³/mol. The summed E-state index contributed by atoms with van der Waals surface area (Å²) in [5, 5.41) is 9.68. The molecule has 0 saturated heterocycles. The fourth-order valence-electron chi connectivity index (χ4n) is 3.03. The van der Waals surface area contributed by atoms with Crippen LogP contribution in [0.4, 0.5) is 0 Å². The monoisotopic (exact) mass is 227 g/mol. The van der Waals surface area contributed by atoms with E-state index in [1.165, 1.54) is 11.1 Å². The van der Waals surface area contributed by atoms with Crippen LogP contribution < -0.4 is 0 Å². The highest BCUT2D eigenvalue weighted by Crippen LogP contribution is 2.41. The molecule has 0 aliphatic heterocycles. The molecular weight excluding hydrogens is 206 g/mol. The highest BCUT2D eigenvalue weighted by Gasteiger charge is 2.37. The van der Waals surface area contributed by atoms with E-state index in [0.717, 1.165) is 32.1 Å². The van der Waals surface area contributed by atoms with Gasteiger partial charge in [0.1, 0.15) is 0 Å². The van der Waals surface area contributed by atoms with Gasteiger partial charge in [0.15, 0.2) is 0 Å². The molecule has 0 heterocycles. The molecule has 1 nitrogen and oxygen atoms in total. The maximum absolute atomic E-state index is 9.68. The summed E-state index contributed by atoms with van der Waals surface area (Å²) in [7, 11) is 0. The smallest absolute Gasteiger partial charge is 0.0827 e. The minimum absolute atomic E-state index is 0.218. The Morgan fingerprint density at radius 3 is 2.88 bits per heavy atom. The van der Waals surface area contributed by atoms with Crippen molar-refractivity contribution in [3.8, 4) is 6.07 Å². The molecule has 0 aromatic heterocycles. The van der Waals surface area contributed by atoms with E-state index in [2.05, 4.69) is 44.2 Å². The van der Waals surface area contributed by atoms with E-state index >= 15 is 0 Å². The number of nitrogens with zero attached hydrogens (tertiary/aromatic N) is 1. The minimum atomic E-state index is -0.218. The number of hydrogen-bond acceptors (Lipinski definition) is 1. The van der Waals surface area contributed by atoms with E-state index in [4.69, 9.17) is 0 Å². The van der Waals surface area contributed by atoms with Gasteiger partial charge in [0, 0.05) is 0 Å². The highest BCUT2D eigenvalue weighted by molar-refractivity contribution is 5.41. The molecule has 1 aromatic rings. The standard InChI is InChI=1S/C16H21N/c1-3-13(2)11-16(12-17)10-6-8-14-7-4-5-9-15(14)16/h4-5,7,9,13H,3,6,8,10-11H2,1-2H3. The molecule has 2 unspecified atom stereocenters. The van der Waals surface area contributed by atoms with Crippen molar-refractivity contribution in [3.63, 3.8) is 0 Å². The Kier molecular flexibility index (Phi) is 3.52. The van der Waals surface area contributed by atoms with E-state index in [0.29, 0.717) is 5.92 Å². The van der Waals surface area contributed by atoms with Crippen LogP contribution in [0.1, 0.15) is 50.7 Å². The third-order valence-corrected chi connectivity index (χ3v) is 4.19. The van der Waals surface area contributed by atoms with Crippen molar-refractivity contribution < 1.29 is 0 Å². The van der Waals surface area contributed by atoms with Gasteiger partial charge in [-0.3, -0.25) is 0 Å². The molecular formula is C16H21N. The molecule has 0 radical (unpaired) electrons. The lowest BCUT2D eigenvalue weighted by Crippen LogP contribution is -2.31. The zero-order valence-corrected chi connectivity index (χ0v) is 10.9. The second-order valence-electron chi connectivity index (χ2n) is 5.42. The minimum Gasteiger partial charge on any atom is -0.197 e. The Morgan fingerprint density at radius 1 is 1.41 bits per heavy atom. The van der Waals surface area contributed by atoms with Crippen molar-refractivity contribution in [2.45, 2.75) is 51.4 Å². The van der Waals surface area contributed by atoms with Gasteiger partial charge >= 0.3 is 0 Å². The Morgan fingerprint density at radius 2 is 2.18 bits per heavy atom. The van der Waals surface area contributed by atoms with E-state index in [-0.39, 0.29) is 5.41 Å². The second kappa shape index (κ2) is 4.92. The number of benzene rings is 1. The van der Waals surface area contributed by atoms with E-state index in [1.807, 2.05) is 0 Å². The van der Waals surface area contributed by atoms with Crippen molar-refractivity contribution >= 4 is 0 Å². The molecule has 0 bridgehead atoms. The number of rotatable bonds is 3. The van der Waals surface area contributed by atoms with Crippen LogP contribution in [0.25, 0.3) is 0 Å². The third kappa shape index (κ3) is 2.22. The Bertz CT molecular complexity index is 429. The molecule has 90 valence electrons. The van der Waals surface area contributed by atoms with Gasteiger partial charge in [0.25, 0.3) is 0 Å². The van der Waals surface area contributed by atoms with Crippen LogP contribution in [0, 0.1) is 17.2 Å². The van der Waals surface area contributed by atoms with E-state index in [1.54, 1.807) is 0 Å². The first-order valence-corrected chi connectivity index (χ1v) is 6.71. The molecule has 17 heavy (non-hydrogen) atoms. The summed E-state index contributed by atoms with van der Waals surface area (Å²) in [5.41, 5.74) is 2.47. The van der Waals surface area contributed by atoms with Crippen molar-refractivity contribution in [2.24, 2.45) is 5.92 Å². The molecule has 0 saturated carbocycles. The van der Waals surface area contributed by atoms with Crippen LogP contribution in [-0.4, -0.2) is 0 Å². The van der Waals surface area contributed by atoms with Gasteiger partial charge in [-0.2, -0.15) is 5.26 Å². The van der Waals surface area contributed by atoms with Crippen molar-refractivity contribution in [2.75, 3.05) is 0 Å². The quantitative estimate of drug-likeness (QED) is 0.758. The number of aryl methyl sites for hydroxylation is 1. The van der Waals surface area contributed by atoms with Gasteiger partial charge in [0.05, 0.1) is 11.5 Å². The molecule has 0 N–H and O–H groups in total. The first-order valence-electron chi connectivity index (χ1n) is 6.71. The van der Waals surface area contributed by atoms with Gasteiger partial charge in [-0.15, -0.1) is 0 Å². The van der Waals surface area contributed by atoms with Gasteiger partial charge in [-0.1, -0.05) is 44.5 Å². The zero-order chi connectivity index (χ0) is 12.3. The summed E-state index contributed by atoms with van der Waals surface area (Å²) in [6.45, 7) is 4.47. The van der Waals surface area contributed by atoms with E-state index in [9.17, 15) is 5.26 Å². The average molecular weight is 227 g/mol. The van der Waals surface area contributed by atoms with Crippen molar-refractivity contribution in [1.29, 1.82) is 5.26 Å². The topological polar surface area (TPSA) is 23.8 Å². The van der Waals surface area contributed by atoms with Crippen molar-refractivity contribution in [3.05, 3.63) is 35.4 Å². The lowest BCUT2D eigenvalue weighted by atomic mass is 9.66. The van der Waals surface area contributed by atoms with Crippen LogP contribution in [0.3, 0.4) is 0 Å². The summed E-state index contributed by atoms with van der Waals surface area (Å²) in [4.78, 5) is 0. The molecule has 1 heteroatoms. The summed E-state index contributed by atoms with van der Waals surface area (Å²) in [6.07, 6.45) is 5.49. The Hall–Kier alpha value is -1.29. The molecule has 2 atom stereocenters. The maximum atomic E-state index is 9.68. The number of hydrogen-bond donors (Lipinski definition) is 0. The molecule has 2 rings (SSSR count). The number of fused-ring (bicyclic) bond motifs is 1. The van der Waals surface area contributed by atoms with Crippen LogP contribution in [0.2, 0.25) is 0 Å². The normalized spacial score (nSPS) is 24.8. The van der Waals surface area contributed by atoms with Crippen molar-refractivity contribution in [1.82, 2.24) is 0 Å². The van der Waals surface area contributed by atoms with Gasteiger partial charge in [-0.05, 0) is 42.7 Å². The molecule has 0 fully saturated rings. The van der Waals surface area contributed by atoms with Gasteiger partial charge in [-0.25, -0.2) is 0 Å².